The second kappa shape index (κ2) is 8.68. The molecule has 29 heavy (non-hydrogen) atoms. The van der Waals surface area contributed by atoms with Crippen molar-refractivity contribution in [3.05, 3.63) is 89.4 Å². The first kappa shape index (κ1) is 18.9. The molecule has 0 amide bonds. The van der Waals surface area contributed by atoms with Gasteiger partial charge in [-0.05, 0) is 36.8 Å². The molecular formula is C24H22N4O. The molecule has 0 bridgehead atoms. The first-order chi connectivity index (χ1) is 14.3. The van der Waals surface area contributed by atoms with Gasteiger partial charge in [0.05, 0.1) is 5.56 Å². The maximum Gasteiger partial charge on any atom is 0.214 e. The van der Waals surface area contributed by atoms with Gasteiger partial charge in [0.2, 0.25) is 5.78 Å². The van der Waals surface area contributed by atoms with E-state index in [1.807, 2.05) is 18.2 Å². The number of benzene rings is 1. The zero-order valence-corrected chi connectivity index (χ0v) is 16.3. The van der Waals surface area contributed by atoms with E-state index < -0.39 is 0 Å². The minimum Gasteiger partial charge on any atom is -0.353 e. The van der Waals surface area contributed by atoms with Crippen molar-refractivity contribution in [2.24, 2.45) is 0 Å². The molecule has 144 valence electrons. The van der Waals surface area contributed by atoms with Crippen molar-refractivity contribution in [3.63, 3.8) is 0 Å². The lowest BCUT2D eigenvalue weighted by molar-refractivity contribution is 0.103. The molecule has 3 aromatic rings. The molecule has 0 aliphatic carbocycles. The number of carbonyl (C=O) groups excluding carboxylic acids is 1. The number of ketones is 1. The van der Waals surface area contributed by atoms with Crippen molar-refractivity contribution in [1.82, 2.24) is 15.3 Å². The highest BCUT2D eigenvalue weighted by atomic mass is 16.1. The number of carbonyl (C=O) groups is 1. The summed E-state index contributed by atoms with van der Waals surface area (Å²) < 4.78 is 0. The fourth-order valence-electron chi connectivity index (χ4n) is 3.53. The van der Waals surface area contributed by atoms with Gasteiger partial charge in [0, 0.05) is 43.6 Å². The molecule has 1 aliphatic rings. The number of nitrogens with one attached hydrogen (secondary N) is 1. The number of piperazine rings is 1. The van der Waals surface area contributed by atoms with Gasteiger partial charge in [-0.25, -0.2) is 4.98 Å². The third-order valence-corrected chi connectivity index (χ3v) is 4.98. The first-order valence-corrected chi connectivity index (χ1v) is 9.68. The minimum absolute atomic E-state index is 0.160. The smallest absolute Gasteiger partial charge is 0.214 e. The SMILES string of the molecule is CC#Cc1ccc(N2CCN[C@@H](c3ccccc3)C2)nc1C(=O)c1cccnc1. The summed E-state index contributed by atoms with van der Waals surface area (Å²) in [7, 11) is 0. The van der Waals surface area contributed by atoms with Crippen LogP contribution >= 0.6 is 0 Å². The monoisotopic (exact) mass is 382 g/mol. The third kappa shape index (κ3) is 4.18. The lowest BCUT2D eigenvalue weighted by Crippen LogP contribution is -2.46. The molecule has 0 saturated carbocycles. The highest BCUT2D eigenvalue weighted by Crippen LogP contribution is 2.23. The van der Waals surface area contributed by atoms with Crippen LogP contribution in [0.15, 0.2) is 67.0 Å². The zero-order valence-electron chi connectivity index (χ0n) is 16.3. The van der Waals surface area contributed by atoms with Crippen molar-refractivity contribution >= 4 is 11.6 Å². The maximum atomic E-state index is 13.1. The van der Waals surface area contributed by atoms with E-state index in [-0.39, 0.29) is 11.8 Å². The van der Waals surface area contributed by atoms with E-state index >= 15 is 0 Å². The molecule has 1 fully saturated rings. The second-order valence-corrected chi connectivity index (χ2v) is 6.87. The van der Waals surface area contributed by atoms with Crippen LogP contribution in [-0.4, -0.2) is 35.4 Å². The van der Waals surface area contributed by atoms with Crippen molar-refractivity contribution in [1.29, 1.82) is 0 Å². The molecule has 0 spiro atoms. The summed E-state index contributed by atoms with van der Waals surface area (Å²) in [5, 5.41) is 3.56. The van der Waals surface area contributed by atoms with Crippen LogP contribution in [0.5, 0.6) is 0 Å². The third-order valence-electron chi connectivity index (χ3n) is 4.98. The average molecular weight is 382 g/mol. The fraction of sp³-hybridized carbons (Fsp3) is 0.208. The van der Waals surface area contributed by atoms with Crippen LogP contribution in [0, 0.1) is 11.8 Å². The van der Waals surface area contributed by atoms with E-state index in [9.17, 15) is 4.79 Å². The van der Waals surface area contributed by atoms with Gasteiger partial charge in [0.25, 0.3) is 0 Å². The molecule has 5 nitrogen and oxygen atoms in total. The summed E-state index contributed by atoms with van der Waals surface area (Å²) in [6, 6.07) is 18.0. The standard InChI is InChI=1S/C24H22N4O/c1-2-7-19-11-12-22(27-23(19)24(29)20-10-6-13-25-16-20)28-15-14-26-21(17-28)18-8-4-3-5-9-18/h3-6,8-13,16,21,26H,14-15,17H2,1H3/t21-/m1/s1. The molecule has 1 saturated heterocycles. The van der Waals surface area contributed by atoms with Crippen LogP contribution in [0.1, 0.15) is 40.1 Å². The Balaban J connectivity index is 1.66. The van der Waals surface area contributed by atoms with E-state index in [0.717, 1.165) is 25.5 Å². The molecular weight excluding hydrogens is 360 g/mol. The van der Waals surface area contributed by atoms with Gasteiger partial charge in [-0.15, -0.1) is 5.92 Å². The number of anilines is 1. The molecule has 1 atom stereocenters. The Morgan fingerprint density at radius 3 is 2.76 bits per heavy atom. The number of aromatic nitrogens is 2. The topological polar surface area (TPSA) is 58.1 Å². The highest BCUT2D eigenvalue weighted by Gasteiger charge is 2.23. The van der Waals surface area contributed by atoms with Crippen LogP contribution in [0.25, 0.3) is 0 Å². The number of pyridine rings is 2. The Bertz CT molecular complexity index is 1050. The van der Waals surface area contributed by atoms with Crippen molar-refractivity contribution in [3.8, 4) is 11.8 Å². The van der Waals surface area contributed by atoms with E-state index in [2.05, 4.69) is 51.3 Å². The summed E-state index contributed by atoms with van der Waals surface area (Å²) in [6.07, 6.45) is 3.22. The summed E-state index contributed by atoms with van der Waals surface area (Å²) >= 11 is 0. The fourth-order valence-corrected chi connectivity index (χ4v) is 3.53. The van der Waals surface area contributed by atoms with Crippen LogP contribution in [-0.2, 0) is 0 Å². The molecule has 1 aromatic carbocycles. The summed E-state index contributed by atoms with van der Waals surface area (Å²) in [6.45, 7) is 4.22. The van der Waals surface area contributed by atoms with Gasteiger partial charge in [0.1, 0.15) is 11.5 Å². The number of hydrogen-bond acceptors (Lipinski definition) is 5. The van der Waals surface area contributed by atoms with Crippen LogP contribution in [0.4, 0.5) is 5.82 Å². The predicted molar refractivity (Wildman–Crippen MR) is 114 cm³/mol. The summed E-state index contributed by atoms with van der Waals surface area (Å²) in [4.78, 5) is 24.1. The van der Waals surface area contributed by atoms with E-state index in [0.29, 0.717) is 16.8 Å². The molecule has 3 heterocycles. The van der Waals surface area contributed by atoms with Gasteiger partial charge in [-0.1, -0.05) is 36.3 Å². The summed E-state index contributed by atoms with van der Waals surface area (Å²) in [5.74, 6) is 6.52. The molecule has 2 aromatic heterocycles. The zero-order chi connectivity index (χ0) is 20.1. The highest BCUT2D eigenvalue weighted by molar-refractivity contribution is 6.09. The Morgan fingerprint density at radius 2 is 2.00 bits per heavy atom. The Kier molecular flexibility index (Phi) is 5.64. The predicted octanol–water partition coefficient (Wildman–Crippen LogP) is 3.23. The van der Waals surface area contributed by atoms with Crippen LogP contribution < -0.4 is 10.2 Å². The molecule has 0 radical (unpaired) electrons. The molecule has 1 aliphatic heterocycles. The van der Waals surface area contributed by atoms with Gasteiger partial charge in [0.15, 0.2) is 0 Å². The van der Waals surface area contributed by atoms with E-state index in [4.69, 9.17) is 4.98 Å². The van der Waals surface area contributed by atoms with E-state index in [1.165, 1.54) is 5.56 Å². The number of rotatable bonds is 4. The maximum absolute atomic E-state index is 13.1. The van der Waals surface area contributed by atoms with Crippen molar-refractivity contribution in [2.45, 2.75) is 13.0 Å². The number of nitrogens with zero attached hydrogens (tertiary/aromatic N) is 3. The quantitative estimate of drug-likeness (QED) is 0.555. The van der Waals surface area contributed by atoms with Crippen LogP contribution in [0.3, 0.4) is 0 Å². The average Bonchev–Trinajstić information content (AvgIpc) is 2.80. The number of hydrogen-bond donors (Lipinski definition) is 1. The summed E-state index contributed by atoms with van der Waals surface area (Å²) in [5.41, 5.74) is 2.77. The minimum atomic E-state index is -0.160. The molecule has 5 heteroatoms. The van der Waals surface area contributed by atoms with Gasteiger partial charge >= 0.3 is 0 Å². The normalized spacial score (nSPS) is 16.0. The van der Waals surface area contributed by atoms with Gasteiger partial charge < -0.3 is 10.2 Å². The lowest BCUT2D eigenvalue weighted by Gasteiger charge is -2.35. The molecule has 1 N–H and O–H groups in total. The van der Waals surface area contributed by atoms with Crippen LogP contribution in [0.2, 0.25) is 0 Å². The van der Waals surface area contributed by atoms with Crippen molar-refractivity contribution in [2.75, 3.05) is 24.5 Å². The second-order valence-electron chi connectivity index (χ2n) is 6.87. The lowest BCUT2D eigenvalue weighted by atomic mass is 10.0. The largest absolute Gasteiger partial charge is 0.353 e. The van der Waals surface area contributed by atoms with Gasteiger partial charge in [-0.2, -0.15) is 0 Å². The molecule has 4 rings (SSSR count). The van der Waals surface area contributed by atoms with Gasteiger partial charge in [-0.3, -0.25) is 9.78 Å². The van der Waals surface area contributed by atoms with Crippen molar-refractivity contribution < 1.29 is 4.79 Å². The first-order valence-electron chi connectivity index (χ1n) is 9.68. The Hall–Kier alpha value is -3.49. The Morgan fingerprint density at radius 1 is 1.14 bits per heavy atom. The molecule has 0 unspecified atom stereocenters. The van der Waals surface area contributed by atoms with E-state index in [1.54, 1.807) is 31.5 Å². The Labute approximate surface area is 170 Å².